The molecule has 2 atom stereocenters. The first-order valence-electron chi connectivity index (χ1n) is 11.3. The molecule has 0 radical (unpaired) electrons. The van der Waals surface area contributed by atoms with E-state index in [-0.39, 0.29) is 25.3 Å². The normalized spacial score (nSPS) is 18.3. The summed E-state index contributed by atoms with van der Waals surface area (Å²) in [5.41, 5.74) is 2.52. The number of carbonyl (C=O) groups is 2. The largest absolute Gasteiger partial charge is 0.480 e. The zero-order valence-electron chi connectivity index (χ0n) is 19.2. The van der Waals surface area contributed by atoms with E-state index in [0.717, 1.165) is 17.5 Å². The second kappa shape index (κ2) is 10.9. The zero-order chi connectivity index (χ0) is 24.0. The lowest BCUT2D eigenvalue weighted by molar-refractivity contribution is -0.154. The van der Waals surface area contributed by atoms with Crippen molar-refractivity contribution in [3.05, 3.63) is 71.3 Å². The number of piperazine rings is 1. The van der Waals surface area contributed by atoms with Gasteiger partial charge in [0.15, 0.2) is 0 Å². The first-order valence-corrected chi connectivity index (χ1v) is 13.0. The van der Waals surface area contributed by atoms with Crippen molar-refractivity contribution in [1.29, 1.82) is 0 Å². The Morgan fingerprint density at radius 1 is 1.06 bits per heavy atom. The Bertz CT molecular complexity index is 1050. The minimum Gasteiger partial charge on any atom is -0.480 e. The first kappa shape index (κ1) is 24.9. The van der Waals surface area contributed by atoms with Gasteiger partial charge in [0.25, 0.3) is 0 Å². The number of nitrogens with zero attached hydrogens (tertiary/aromatic N) is 2. The number of benzene rings is 2. The molecule has 33 heavy (non-hydrogen) atoms. The summed E-state index contributed by atoms with van der Waals surface area (Å²) >= 11 is 0. The Morgan fingerprint density at radius 3 is 2.33 bits per heavy atom. The minimum atomic E-state index is -3.80. The molecule has 1 heterocycles. The number of rotatable bonds is 10. The van der Waals surface area contributed by atoms with Crippen molar-refractivity contribution in [3.63, 3.8) is 0 Å². The molecule has 0 aliphatic carbocycles. The number of aryl methyl sites for hydroxylation is 1. The highest BCUT2D eigenvalue weighted by atomic mass is 32.2. The van der Waals surface area contributed by atoms with Crippen LogP contribution in [0, 0.1) is 6.92 Å². The van der Waals surface area contributed by atoms with Gasteiger partial charge in [-0.25, -0.2) is 13.2 Å². The predicted octanol–water partition coefficient (Wildman–Crippen LogP) is 3.22. The van der Waals surface area contributed by atoms with Crippen LogP contribution in [0.15, 0.2) is 54.6 Å². The van der Waals surface area contributed by atoms with Gasteiger partial charge in [0.05, 0.1) is 5.75 Å². The Hall–Kier alpha value is -2.71. The van der Waals surface area contributed by atoms with Gasteiger partial charge in [-0.3, -0.25) is 4.79 Å². The lowest BCUT2D eigenvalue weighted by atomic mass is 10.0. The van der Waals surface area contributed by atoms with Crippen LogP contribution in [0.3, 0.4) is 0 Å². The molecule has 1 unspecified atom stereocenters. The van der Waals surface area contributed by atoms with E-state index in [0.29, 0.717) is 18.4 Å². The third-order valence-electron chi connectivity index (χ3n) is 6.07. The molecule has 3 rings (SSSR count). The Balaban J connectivity index is 1.91. The molecule has 178 valence electrons. The van der Waals surface area contributed by atoms with E-state index in [1.807, 2.05) is 56.3 Å². The van der Waals surface area contributed by atoms with E-state index in [1.165, 1.54) is 9.21 Å². The van der Waals surface area contributed by atoms with Crippen LogP contribution in [0.2, 0.25) is 0 Å². The smallest absolute Gasteiger partial charge is 0.326 e. The molecule has 0 saturated carbocycles. The minimum absolute atomic E-state index is 0.0674. The van der Waals surface area contributed by atoms with Gasteiger partial charge in [-0.15, -0.1) is 0 Å². The van der Waals surface area contributed by atoms with Crippen molar-refractivity contribution in [2.45, 2.75) is 57.4 Å². The Labute approximate surface area is 196 Å². The highest BCUT2D eigenvalue weighted by Gasteiger charge is 2.44. The summed E-state index contributed by atoms with van der Waals surface area (Å²) in [6.07, 6.45) is 2.05. The van der Waals surface area contributed by atoms with Crippen LogP contribution < -0.4 is 0 Å². The monoisotopic (exact) mass is 472 g/mol. The number of carboxylic acids is 1. The van der Waals surface area contributed by atoms with Gasteiger partial charge in [-0.05, 0) is 30.9 Å². The molecule has 0 bridgehead atoms. The van der Waals surface area contributed by atoms with E-state index < -0.39 is 34.0 Å². The lowest BCUT2D eigenvalue weighted by Crippen LogP contribution is -2.62. The van der Waals surface area contributed by atoms with Gasteiger partial charge in [-0.2, -0.15) is 4.31 Å². The molecule has 8 heteroatoms. The SMILES string of the molecule is CCCC[C@@H](C(=O)O)N1CCN(S(=O)(=O)Cc2ccc(C)cc2)C(Cc2ccccc2)C1=O. The lowest BCUT2D eigenvalue weighted by Gasteiger charge is -2.42. The van der Waals surface area contributed by atoms with Crippen molar-refractivity contribution in [1.82, 2.24) is 9.21 Å². The topological polar surface area (TPSA) is 95.0 Å². The Kier molecular flexibility index (Phi) is 8.26. The van der Waals surface area contributed by atoms with Gasteiger partial charge in [-0.1, -0.05) is 79.9 Å². The predicted molar refractivity (Wildman–Crippen MR) is 127 cm³/mol. The van der Waals surface area contributed by atoms with Crippen molar-refractivity contribution in [2.24, 2.45) is 0 Å². The molecule has 0 aromatic heterocycles. The first-order chi connectivity index (χ1) is 15.7. The van der Waals surface area contributed by atoms with Crippen LogP contribution in [0.25, 0.3) is 0 Å². The Morgan fingerprint density at radius 2 is 1.73 bits per heavy atom. The summed E-state index contributed by atoms with van der Waals surface area (Å²) in [6.45, 7) is 4.04. The van der Waals surface area contributed by atoms with Gasteiger partial charge >= 0.3 is 5.97 Å². The van der Waals surface area contributed by atoms with Crippen LogP contribution >= 0.6 is 0 Å². The third-order valence-corrected chi connectivity index (χ3v) is 7.92. The van der Waals surface area contributed by atoms with Crippen molar-refractivity contribution >= 4 is 21.9 Å². The summed E-state index contributed by atoms with van der Waals surface area (Å²) in [5.74, 6) is -1.70. The van der Waals surface area contributed by atoms with Crippen LogP contribution in [0.4, 0.5) is 0 Å². The summed E-state index contributed by atoms with van der Waals surface area (Å²) in [7, 11) is -3.80. The van der Waals surface area contributed by atoms with Gasteiger partial charge < -0.3 is 10.0 Å². The average molecular weight is 473 g/mol. The molecule has 0 spiro atoms. The zero-order valence-corrected chi connectivity index (χ0v) is 20.0. The maximum Gasteiger partial charge on any atom is 0.326 e. The summed E-state index contributed by atoms with van der Waals surface area (Å²) < 4.78 is 28.1. The number of carbonyl (C=O) groups excluding carboxylic acids is 1. The fourth-order valence-corrected chi connectivity index (χ4v) is 5.94. The van der Waals surface area contributed by atoms with Gasteiger partial charge in [0.1, 0.15) is 12.1 Å². The molecule has 2 aromatic rings. The highest BCUT2D eigenvalue weighted by molar-refractivity contribution is 7.88. The number of hydrogen-bond donors (Lipinski definition) is 1. The molecule has 1 saturated heterocycles. The average Bonchev–Trinajstić information content (AvgIpc) is 2.78. The van der Waals surface area contributed by atoms with Gasteiger partial charge in [0, 0.05) is 13.1 Å². The second-order valence-corrected chi connectivity index (χ2v) is 10.5. The molecule has 1 aliphatic rings. The van der Waals surface area contributed by atoms with Gasteiger partial charge in [0.2, 0.25) is 15.9 Å². The molecular weight excluding hydrogens is 440 g/mol. The fraction of sp³-hybridized carbons (Fsp3) is 0.440. The molecule has 1 amide bonds. The quantitative estimate of drug-likeness (QED) is 0.573. The summed E-state index contributed by atoms with van der Waals surface area (Å²) in [6, 6.07) is 14.6. The van der Waals surface area contributed by atoms with Crippen LogP contribution in [0.1, 0.15) is 42.9 Å². The maximum absolute atomic E-state index is 13.5. The van der Waals surface area contributed by atoms with E-state index in [1.54, 1.807) is 12.1 Å². The molecule has 1 N–H and O–H groups in total. The number of carboxylic acid groups (broad SMARTS) is 1. The molecule has 2 aromatic carbocycles. The van der Waals surface area contributed by atoms with Crippen molar-refractivity contribution < 1.29 is 23.1 Å². The van der Waals surface area contributed by atoms with Crippen LogP contribution in [-0.2, 0) is 31.8 Å². The molecule has 1 fully saturated rings. The number of sulfonamides is 1. The van der Waals surface area contributed by atoms with Crippen molar-refractivity contribution in [2.75, 3.05) is 13.1 Å². The molecular formula is C25H32N2O5S. The van der Waals surface area contributed by atoms with E-state index in [2.05, 4.69) is 0 Å². The maximum atomic E-state index is 13.5. The second-order valence-electron chi connectivity index (χ2n) is 8.59. The molecule has 7 nitrogen and oxygen atoms in total. The summed E-state index contributed by atoms with van der Waals surface area (Å²) in [5, 5.41) is 9.76. The number of aliphatic carboxylic acids is 1. The van der Waals surface area contributed by atoms with E-state index in [9.17, 15) is 23.1 Å². The van der Waals surface area contributed by atoms with E-state index in [4.69, 9.17) is 0 Å². The highest BCUT2D eigenvalue weighted by Crippen LogP contribution is 2.25. The molecule has 1 aliphatic heterocycles. The van der Waals surface area contributed by atoms with Crippen molar-refractivity contribution in [3.8, 4) is 0 Å². The number of hydrogen-bond acceptors (Lipinski definition) is 4. The van der Waals surface area contributed by atoms with Crippen LogP contribution in [0.5, 0.6) is 0 Å². The van der Waals surface area contributed by atoms with E-state index >= 15 is 0 Å². The fourth-order valence-electron chi connectivity index (χ4n) is 4.24. The standard InChI is InChI=1S/C25H32N2O5S/c1-3-4-10-22(25(29)30)26-15-16-27(23(24(26)28)17-20-8-6-5-7-9-20)33(31,32)18-21-13-11-19(2)12-14-21/h5-9,11-14,22-23H,3-4,10,15-18H2,1-2H3,(H,29,30)/t22-,23?/m0/s1. The summed E-state index contributed by atoms with van der Waals surface area (Å²) in [4.78, 5) is 26.9. The number of unbranched alkanes of at least 4 members (excludes halogenated alkanes) is 1. The number of amides is 1. The third kappa shape index (κ3) is 6.21. The van der Waals surface area contributed by atoms with Crippen LogP contribution in [-0.4, -0.2) is 59.8 Å².